The summed E-state index contributed by atoms with van der Waals surface area (Å²) in [5.41, 5.74) is 0.621. The molecule has 1 aromatic carbocycles. The van der Waals surface area contributed by atoms with Crippen LogP contribution >= 0.6 is 23.8 Å². The second kappa shape index (κ2) is 7.96. The van der Waals surface area contributed by atoms with E-state index in [4.69, 9.17) is 28.6 Å². The zero-order valence-electron chi connectivity index (χ0n) is 11.0. The molecular weight excluding hydrogens is 284 g/mol. The number of amides is 1. The van der Waals surface area contributed by atoms with Crippen molar-refractivity contribution < 1.29 is 9.53 Å². The van der Waals surface area contributed by atoms with Crippen LogP contribution in [0.3, 0.4) is 0 Å². The molecule has 19 heavy (non-hydrogen) atoms. The largest absolute Gasteiger partial charge is 0.495 e. The van der Waals surface area contributed by atoms with Crippen molar-refractivity contribution in [2.75, 3.05) is 12.4 Å². The molecule has 0 aliphatic heterocycles. The second-order valence-electron chi connectivity index (χ2n) is 3.95. The van der Waals surface area contributed by atoms with E-state index in [1.807, 2.05) is 6.92 Å². The van der Waals surface area contributed by atoms with E-state index in [0.717, 1.165) is 12.8 Å². The van der Waals surface area contributed by atoms with Crippen LogP contribution in [0.1, 0.15) is 26.2 Å². The topological polar surface area (TPSA) is 50.4 Å². The summed E-state index contributed by atoms with van der Waals surface area (Å²) in [6.45, 7) is 2.03. The van der Waals surface area contributed by atoms with Gasteiger partial charge in [-0.1, -0.05) is 24.9 Å². The van der Waals surface area contributed by atoms with E-state index < -0.39 is 0 Å². The van der Waals surface area contributed by atoms with Gasteiger partial charge in [0.05, 0.1) is 12.8 Å². The molecule has 1 aromatic rings. The third kappa shape index (κ3) is 5.44. The molecule has 6 heteroatoms. The summed E-state index contributed by atoms with van der Waals surface area (Å²) in [5.74, 6) is 0.509. The van der Waals surface area contributed by atoms with E-state index in [2.05, 4.69) is 10.6 Å². The van der Waals surface area contributed by atoms with Crippen molar-refractivity contribution >= 4 is 40.5 Å². The van der Waals surface area contributed by atoms with Crippen LogP contribution in [0, 0.1) is 0 Å². The fourth-order valence-electron chi connectivity index (χ4n) is 1.46. The average molecular weight is 301 g/mol. The lowest BCUT2D eigenvalue weighted by atomic mass is 10.2. The molecule has 0 atom stereocenters. The molecule has 0 bridgehead atoms. The molecule has 0 aliphatic rings. The number of nitrogens with one attached hydrogen (secondary N) is 2. The van der Waals surface area contributed by atoms with Gasteiger partial charge in [0, 0.05) is 11.4 Å². The van der Waals surface area contributed by atoms with E-state index in [1.165, 1.54) is 0 Å². The van der Waals surface area contributed by atoms with Crippen LogP contribution in [0.15, 0.2) is 18.2 Å². The van der Waals surface area contributed by atoms with Crippen LogP contribution < -0.4 is 15.4 Å². The average Bonchev–Trinajstić information content (AvgIpc) is 2.36. The van der Waals surface area contributed by atoms with Crippen LogP contribution in [-0.2, 0) is 4.79 Å². The number of hydrogen-bond donors (Lipinski definition) is 2. The van der Waals surface area contributed by atoms with Gasteiger partial charge in [-0.2, -0.15) is 0 Å². The molecule has 2 N–H and O–H groups in total. The number of thiocarbonyl (C=S) groups is 1. The highest BCUT2D eigenvalue weighted by Gasteiger charge is 2.08. The van der Waals surface area contributed by atoms with Crippen LogP contribution in [0.4, 0.5) is 5.69 Å². The minimum absolute atomic E-state index is 0.0969. The quantitative estimate of drug-likeness (QED) is 0.819. The Kier molecular flexibility index (Phi) is 6.59. The molecule has 4 nitrogen and oxygen atoms in total. The maximum absolute atomic E-state index is 11.5. The Balaban J connectivity index is 2.61. The van der Waals surface area contributed by atoms with Gasteiger partial charge in [-0.05, 0) is 36.8 Å². The number of hydrogen-bond acceptors (Lipinski definition) is 3. The number of anilines is 1. The number of ether oxygens (including phenoxy) is 1. The Morgan fingerprint density at radius 3 is 2.84 bits per heavy atom. The van der Waals surface area contributed by atoms with Crippen molar-refractivity contribution in [3.8, 4) is 5.75 Å². The lowest BCUT2D eigenvalue weighted by Gasteiger charge is -2.13. The van der Waals surface area contributed by atoms with Crippen LogP contribution in [0.5, 0.6) is 5.75 Å². The summed E-state index contributed by atoms with van der Waals surface area (Å²) in [4.78, 5) is 11.5. The second-order valence-corrected chi connectivity index (χ2v) is 4.80. The first kappa shape index (κ1) is 15.7. The molecule has 0 spiro atoms. The molecule has 0 heterocycles. The molecule has 0 aliphatic carbocycles. The van der Waals surface area contributed by atoms with Crippen LogP contribution in [0.25, 0.3) is 0 Å². The molecule has 1 amide bonds. The minimum atomic E-state index is -0.0969. The fourth-order valence-corrected chi connectivity index (χ4v) is 1.85. The van der Waals surface area contributed by atoms with Gasteiger partial charge in [0.1, 0.15) is 5.75 Å². The van der Waals surface area contributed by atoms with E-state index in [9.17, 15) is 4.79 Å². The Labute approximate surface area is 123 Å². The number of carbonyl (C=O) groups excluding carboxylic acids is 1. The fraction of sp³-hybridized carbons (Fsp3) is 0.385. The van der Waals surface area contributed by atoms with Crippen molar-refractivity contribution in [3.05, 3.63) is 23.2 Å². The van der Waals surface area contributed by atoms with Gasteiger partial charge < -0.3 is 15.4 Å². The number of unbranched alkanes of at least 4 members (excludes halogenated alkanes) is 1. The summed E-state index contributed by atoms with van der Waals surface area (Å²) < 4.78 is 5.18. The maximum Gasteiger partial charge on any atom is 0.226 e. The standard InChI is InChI=1S/C13H17ClN2O2S/c1-3-4-5-12(17)16-13(19)15-10-8-9(14)6-7-11(10)18-2/h6-8H,3-5H2,1-2H3,(H2,15,16,17,19). The number of methoxy groups -OCH3 is 1. The van der Waals surface area contributed by atoms with Gasteiger partial charge in [-0.15, -0.1) is 0 Å². The zero-order valence-corrected chi connectivity index (χ0v) is 12.5. The highest BCUT2D eigenvalue weighted by atomic mass is 35.5. The minimum Gasteiger partial charge on any atom is -0.495 e. The highest BCUT2D eigenvalue weighted by Crippen LogP contribution is 2.27. The number of halogens is 1. The van der Waals surface area contributed by atoms with Gasteiger partial charge in [0.2, 0.25) is 5.91 Å². The lowest BCUT2D eigenvalue weighted by Crippen LogP contribution is -2.34. The van der Waals surface area contributed by atoms with Crippen molar-refractivity contribution in [3.63, 3.8) is 0 Å². The first-order valence-corrected chi connectivity index (χ1v) is 6.79. The predicted molar refractivity (Wildman–Crippen MR) is 81.9 cm³/mol. The first-order chi connectivity index (χ1) is 9.06. The molecule has 0 unspecified atom stereocenters. The SMILES string of the molecule is CCCCC(=O)NC(=S)Nc1cc(Cl)ccc1OC. The van der Waals surface area contributed by atoms with Gasteiger partial charge in [0.25, 0.3) is 0 Å². The van der Waals surface area contributed by atoms with Gasteiger partial charge in [-0.25, -0.2) is 0 Å². The van der Waals surface area contributed by atoms with Crippen molar-refractivity contribution in [2.24, 2.45) is 0 Å². The van der Waals surface area contributed by atoms with Crippen molar-refractivity contribution in [2.45, 2.75) is 26.2 Å². The summed E-state index contributed by atoms with van der Waals surface area (Å²) in [6.07, 6.45) is 2.27. The summed E-state index contributed by atoms with van der Waals surface area (Å²) >= 11 is 11.0. The number of rotatable bonds is 5. The Hall–Kier alpha value is -1.33. The Bertz CT molecular complexity index is 466. The van der Waals surface area contributed by atoms with E-state index >= 15 is 0 Å². The first-order valence-electron chi connectivity index (χ1n) is 6.01. The van der Waals surface area contributed by atoms with Gasteiger partial charge in [0.15, 0.2) is 5.11 Å². The lowest BCUT2D eigenvalue weighted by molar-refractivity contribution is -0.119. The summed E-state index contributed by atoms with van der Waals surface area (Å²) in [5, 5.41) is 6.31. The Morgan fingerprint density at radius 2 is 2.21 bits per heavy atom. The van der Waals surface area contributed by atoms with Crippen molar-refractivity contribution in [1.82, 2.24) is 5.32 Å². The Morgan fingerprint density at radius 1 is 1.47 bits per heavy atom. The molecule has 1 rings (SSSR count). The zero-order chi connectivity index (χ0) is 14.3. The molecule has 0 radical (unpaired) electrons. The van der Waals surface area contributed by atoms with E-state index in [0.29, 0.717) is 22.9 Å². The van der Waals surface area contributed by atoms with E-state index in [-0.39, 0.29) is 11.0 Å². The molecule has 0 fully saturated rings. The summed E-state index contributed by atoms with van der Waals surface area (Å²) in [6, 6.07) is 5.13. The van der Waals surface area contributed by atoms with Gasteiger partial charge >= 0.3 is 0 Å². The maximum atomic E-state index is 11.5. The monoisotopic (exact) mass is 300 g/mol. The van der Waals surface area contributed by atoms with Crippen LogP contribution in [0.2, 0.25) is 5.02 Å². The molecule has 0 saturated heterocycles. The number of carbonyl (C=O) groups is 1. The van der Waals surface area contributed by atoms with Crippen LogP contribution in [-0.4, -0.2) is 18.1 Å². The molecular formula is C13H17ClN2O2S. The smallest absolute Gasteiger partial charge is 0.226 e. The highest BCUT2D eigenvalue weighted by molar-refractivity contribution is 7.80. The third-order valence-electron chi connectivity index (χ3n) is 2.42. The normalized spacial score (nSPS) is 9.84. The molecule has 0 saturated carbocycles. The molecule has 104 valence electrons. The summed E-state index contributed by atoms with van der Waals surface area (Å²) in [7, 11) is 1.55. The number of benzene rings is 1. The van der Waals surface area contributed by atoms with Crippen molar-refractivity contribution in [1.29, 1.82) is 0 Å². The van der Waals surface area contributed by atoms with E-state index in [1.54, 1.807) is 25.3 Å². The molecule has 0 aromatic heterocycles. The third-order valence-corrected chi connectivity index (χ3v) is 2.86. The predicted octanol–water partition coefficient (Wildman–Crippen LogP) is 3.35. The van der Waals surface area contributed by atoms with Gasteiger partial charge in [-0.3, -0.25) is 4.79 Å².